The van der Waals surface area contributed by atoms with Crippen molar-refractivity contribution in [1.29, 1.82) is 5.26 Å². The summed E-state index contributed by atoms with van der Waals surface area (Å²) in [6, 6.07) is 20.7. The maximum atomic E-state index is 9.43. The molecule has 0 atom stereocenters. The number of hydrogen-bond acceptors (Lipinski definition) is 2. The predicted octanol–water partition coefficient (Wildman–Crippen LogP) is 4.80. The van der Waals surface area contributed by atoms with Crippen molar-refractivity contribution in [3.05, 3.63) is 101 Å². The second kappa shape index (κ2) is 8.55. The average Bonchev–Trinajstić information content (AvgIpc) is 2.63. The first-order valence-electron chi connectivity index (χ1n) is 7.96. The molecule has 2 aromatic carbocycles. The molecule has 1 N–H and O–H groups in total. The third-order valence-corrected chi connectivity index (χ3v) is 3.95. The molecule has 0 fully saturated rings. The Morgan fingerprint density at radius 2 is 1.79 bits per heavy atom. The van der Waals surface area contributed by atoms with E-state index in [1.807, 2.05) is 30.3 Å². The molecule has 120 valence electrons. The summed E-state index contributed by atoms with van der Waals surface area (Å²) >= 11 is 0. The molecule has 24 heavy (non-hydrogen) atoms. The van der Waals surface area contributed by atoms with Crippen LogP contribution in [0.5, 0.6) is 0 Å². The number of nitrogens with zero attached hydrogens (tertiary/aromatic N) is 1. The molecule has 0 spiro atoms. The van der Waals surface area contributed by atoms with Gasteiger partial charge in [0, 0.05) is 12.6 Å². The van der Waals surface area contributed by atoms with Gasteiger partial charge in [-0.25, -0.2) is 0 Å². The molecule has 2 heteroatoms. The van der Waals surface area contributed by atoms with E-state index in [1.165, 1.54) is 11.1 Å². The van der Waals surface area contributed by atoms with Gasteiger partial charge in [-0.05, 0) is 35.6 Å². The summed E-state index contributed by atoms with van der Waals surface area (Å²) in [5, 5.41) is 12.4. The number of benzene rings is 2. The molecule has 2 rings (SSSR count). The Labute approximate surface area is 144 Å². The highest BCUT2D eigenvalue weighted by Gasteiger charge is 2.12. The van der Waals surface area contributed by atoms with E-state index in [9.17, 15) is 5.26 Å². The summed E-state index contributed by atoms with van der Waals surface area (Å²) in [7, 11) is 1.76. The molecule has 0 heterocycles. The minimum Gasteiger partial charge on any atom is -0.379 e. The van der Waals surface area contributed by atoms with E-state index in [2.05, 4.69) is 55.2 Å². The van der Waals surface area contributed by atoms with Crippen LogP contribution in [0.3, 0.4) is 0 Å². The third-order valence-electron chi connectivity index (χ3n) is 3.95. The Kier molecular flexibility index (Phi) is 6.16. The Morgan fingerprint density at radius 1 is 1.12 bits per heavy atom. The van der Waals surface area contributed by atoms with Crippen molar-refractivity contribution in [2.75, 3.05) is 7.05 Å². The van der Waals surface area contributed by atoms with Crippen molar-refractivity contribution in [3.63, 3.8) is 0 Å². The number of aryl methyl sites for hydroxylation is 1. The lowest BCUT2D eigenvalue weighted by atomic mass is 9.91. The van der Waals surface area contributed by atoms with Gasteiger partial charge in [0.25, 0.3) is 0 Å². The van der Waals surface area contributed by atoms with Crippen LogP contribution in [0.1, 0.15) is 16.7 Å². The van der Waals surface area contributed by atoms with E-state index in [1.54, 1.807) is 13.1 Å². The number of nitriles is 1. The zero-order chi connectivity index (χ0) is 17.4. The van der Waals surface area contributed by atoms with Gasteiger partial charge in [-0.3, -0.25) is 0 Å². The summed E-state index contributed by atoms with van der Waals surface area (Å²) in [4.78, 5) is 0. The van der Waals surface area contributed by atoms with Crippen LogP contribution in [-0.4, -0.2) is 7.05 Å². The first-order valence-corrected chi connectivity index (χ1v) is 7.96. The Balaban J connectivity index is 2.58. The van der Waals surface area contributed by atoms with Gasteiger partial charge in [-0.15, -0.1) is 0 Å². The predicted molar refractivity (Wildman–Crippen MR) is 101 cm³/mol. The second-order valence-corrected chi connectivity index (χ2v) is 5.48. The van der Waals surface area contributed by atoms with Gasteiger partial charge >= 0.3 is 0 Å². The minimum absolute atomic E-state index is 0.521. The molecule has 0 saturated heterocycles. The van der Waals surface area contributed by atoms with Crippen LogP contribution in [0.2, 0.25) is 0 Å². The molecule has 0 aliphatic carbocycles. The third kappa shape index (κ3) is 4.02. The summed E-state index contributed by atoms with van der Waals surface area (Å²) in [5.74, 6) is 0. The monoisotopic (exact) mass is 314 g/mol. The Hall–Kier alpha value is -3.05. The van der Waals surface area contributed by atoms with Gasteiger partial charge in [-0.2, -0.15) is 5.26 Å². The van der Waals surface area contributed by atoms with Crippen LogP contribution in [0.25, 0.3) is 5.57 Å². The van der Waals surface area contributed by atoms with Crippen LogP contribution in [0, 0.1) is 18.3 Å². The molecule has 0 unspecified atom stereocenters. The summed E-state index contributed by atoms with van der Waals surface area (Å²) in [5.41, 5.74) is 5.89. The maximum Gasteiger partial charge on any atom is 0.121 e. The van der Waals surface area contributed by atoms with Crippen molar-refractivity contribution in [2.45, 2.75) is 13.3 Å². The first-order chi connectivity index (χ1) is 11.7. The molecule has 0 aliphatic heterocycles. The van der Waals surface area contributed by atoms with Crippen molar-refractivity contribution in [1.82, 2.24) is 5.32 Å². The SMILES string of the molecule is C=CC(/C(=C/Cc1ccccc1)c1ccccc1C)=C(/C#N)NC. The molecular weight excluding hydrogens is 292 g/mol. The van der Waals surface area contributed by atoms with E-state index < -0.39 is 0 Å². The fourth-order valence-electron chi connectivity index (χ4n) is 2.67. The summed E-state index contributed by atoms with van der Waals surface area (Å²) < 4.78 is 0. The lowest BCUT2D eigenvalue weighted by Gasteiger charge is -2.14. The van der Waals surface area contributed by atoms with Crippen LogP contribution in [0.4, 0.5) is 0 Å². The summed E-state index contributed by atoms with van der Waals surface area (Å²) in [6.07, 6.45) is 4.71. The zero-order valence-electron chi connectivity index (χ0n) is 14.2. The molecule has 2 nitrogen and oxygen atoms in total. The zero-order valence-corrected chi connectivity index (χ0v) is 14.2. The molecular formula is C22H22N2. The van der Waals surface area contributed by atoms with Crippen LogP contribution >= 0.6 is 0 Å². The molecule has 0 aliphatic rings. The average molecular weight is 314 g/mol. The highest BCUT2D eigenvalue weighted by atomic mass is 14.8. The minimum atomic E-state index is 0.521. The number of nitrogens with one attached hydrogen (secondary N) is 1. The van der Waals surface area contributed by atoms with Crippen molar-refractivity contribution in [2.24, 2.45) is 0 Å². The number of hydrogen-bond donors (Lipinski definition) is 1. The smallest absolute Gasteiger partial charge is 0.121 e. The molecule has 0 aromatic heterocycles. The lowest BCUT2D eigenvalue weighted by molar-refractivity contribution is 1.03. The number of allylic oxidation sites excluding steroid dienone is 5. The van der Waals surface area contributed by atoms with Gasteiger partial charge in [0.1, 0.15) is 11.8 Å². The summed E-state index contributed by atoms with van der Waals surface area (Å²) in [6.45, 7) is 6.00. The number of rotatable bonds is 6. The highest BCUT2D eigenvalue weighted by Crippen LogP contribution is 2.29. The highest BCUT2D eigenvalue weighted by molar-refractivity contribution is 5.84. The quantitative estimate of drug-likeness (QED) is 0.614. The van der Waals surface area contributed by atoms with Gasteiger partial charge in [0.05, 0.1) is 0 Å². The largest absolute Gasteiger partial charge is 0.379 e. The van der Waals surface area contributed by atoms with Gasteiger partial charge in [0.15, 0.2) is 0 Å². The van der Waals surface area contributed by atoms with Gasteiger partial charge in [0.2, 0.25) is 0 Å². The lowest BCUT2D eigenvalue weighted by Crippen LogP contribution is -2.08. The molecule has 0 radical (unpaired) electrons. The standard InChI is InChI=1S/C22H22N2/c1-4-19(22(16-23)24-3)21(20-13-9-8-10-17(20)2)15-14-18-11-6-5-7-12-18/h4-13,15,24H,1,14H2,2-3H3/b21-15-,22-19+. The van der Waals surface area contributed by atoms with E-state index in [0.717, 1.165) is 23.1 Å². The van der Waals surface area contributed by atoms with Crippen molar-refractivity contribution >= 4 is 5.57 Å². The van der Waals surface area contributed by atoms with Crippen molar-refractivity contribution < 1.29 is 0 Å². The van der Waals surface area contributed by atoms with E-state index >= 15 is 0 Å². The fourth-order valence-corrected chi connectivity index (χ4v) is 2.67. The van der Waals surface area contributed by atoms with Crippen LogP contribution in [-0.2, 0) is 6.42 Å². The molecule has 0 saturated carbocycles. The maximum absolute atomic E-state index is 9.43. The van der Waals surface area contributed by atoms with E-state index in [4.69, 9.17) is 0 Å². The molecule has 2 aromatic rings. The molecule has 0 amide bonds. The van der Waals surface area contributed by atoms with E-state index in [-0.39, 0.29) is 0 Å². The second-order valence-electron chi connectivity index (χ2n) is 5.48. The topological polar surface area (TPSA) is 35.8 Å². The van der Waals surface area contributed by atoms with Gasteiger partial charge < -0.3 is 5.32 Å². The van der Waals surface area contributed by atoms with Crippen molar-refractivity contribution in [3.8, 4) is 6.07 Å². The van der Waals surface area contributed by atoms with Crippen LogP contribution < -0.4 is 5.32 Å². The normalized spacial score (nSPS) is 12.1. The fraction of sp³-hybridized carbons (Fsp3) is 0.136. The molecule has 0 bridgehead atoms. The van der Waals surface area contributed by atoms with Gasteiger partial charge in [-0.1, -0.05) is 73.3 Å². The van der Waals surface area contributed by atoms with Crippen LogP contribution in [0.15, 0.2) is 84.6 Å². The first kappa shape index (κ1) is 17.3. The Bertz CT molecular complexity index is 805. The Morgan fingerprint density at radius 3 is 2.38 bits per heavy atom. The van der Waals surface area contributed by atoms with E-state index in [0.29, 0.717) is 5.70 Å².